The maximum atomic E-state index is 9.49. The number of nitrogen functional groups attached to an aromatic ring is 1. The van der Waals surface area contributed by atoms with Gasteiger partial charge in [0.1, 0.15) is 17.5 Å². The minimum atomic E-state index is 0.239. The molecule has 3 rings (SSSR count). The molecule has 2 N–H and O–H groups in total. The second kappa shape index (κ2) is 6.19. The van der Waals surface area contributed by atoms with E-state index in [9.17, 15) is 5.26 Å². The van der Waals surface area contributed by atoms with Crippen LogP contribution in [0.5, 0.6) is 0 Å². The first kappa shape index (κ1) is 15.2. The van der Waals surface area contributed by atoms with Crippen LogP contribution in [0.1, 0.15) is 11.1 Å². The number of nitrogens with two attached hydrogens (primary N) is 1. The molecule has 0 saturated heterocycles. The highest BCUT2D eigenvalue weighted by molar-refractivity contribution is 9.10. The Hall–Kier alpha value is -2.71. The van der Waals surface area contributed by atoms with Crippen molar-refractivity contribution >= 4 is 21.7 Å². The molecule has 0 bridgehead atoms. The second-order valence-electron chi connectivity index (χ2n) is 5.08. The van der Waals surface area contributed by atoms with Gasteiger partial charge in [0.05, 0.1) is 5.69 Å². The average molecular weight is 365 g/mol. The van der Waals surface area contributed by atoms with Gasteiger partial charge in [-0.05, 0) is 42.3 Å². The first-order valence-corrected chi connectivity index (χ1v) is 7.77. The van der Waals surface area contributed by atoms with Gasteiger partial charge in [-0.3, -0.25) is 4.98 Å². The van der Waals surface area contributed by atoms with Crippen LogP contribution in [0.15, 0.2) is 53.3 Å². The van der Waals surface area contributed by atoms with Crippen LogP contribution >= 0.6 is 15.9 Å². The molecule has 0 saturated carbocycles. The van der Waals surface area contributed by atoms with Gasteiger partial charge in [-0.1, -0.05) is 28.1 Å². The molecular formula is C18H13BrN4. The zero-order valence-corrected chi connectivity index (χ0v) is 14.0. The number of benzene rings is 1. The summed E-state index contributed by atoms with van der Waals surface area (Å²) in [4.78, 5) is 8.49. The molecule has 0 atom stereocenters. The highest BCUT2D eigenvalue weighted by Crippen LogP contribution is 2.35. The molecular weight excluding hydrogens is 352 g/mol. The van der Waals surface area contributed by atoms with Crippen molar-refractivity contribution in [1.29, 1.82) is 5.26 Å². The summed E-state index contributed by atoms with van der Waals surface area (Å²) in [6, 6.07) is 13.8. The number of rotatable bonds is 2. The SMILES string of the molecule is Cc1c(-c2ccc(Br)cc2)nc(N)c(C#N)c1-c1ccncc1. The minimum absolute atomic E-state index is 0.239. The van der Waals surface area contributed by atoms with Gasteiger partial charge in [0.25, 0.3) is 0 Å². The van der Waals surface area contributed by atoms with Crippen LogP contribution in [0, 0.1) is 18.3 Å². The van der Waals surface area contributed by atoms with Crippen LogP contribution in [0.25, 0.3) is 22.4 Å². The molecule has 2 aromatic heterocycles. The number of pyridine rings is 2. The van der Waals surface area contributed by atoms with Crippen molar-refractivity contribution in [2.75, 3.05) is 5.73 Å². The smallest absolute Gasteiger partial charge is 0.142 e. The summed E-state index contributed by atoms with van der Waals surface area (Å²) in [5.74, 6) is 0.239. The number of aromatic nitrogens is 2. The summed E-state index contributed by atoms with van der Waals surface area (Å²) in [6.07, 6.45) is 3.40. The van der Waals surface area contributed by atoms with Crippen LogP contribution in [-0.4, -0.2) is 9.97 Å². The number of anilines is 1. The maximum Gasteiger partial charge on any atom is 0.142 e. The molecule has 3 aromatic rings. The zero-order chi connectivity index (χ0) is 16.4. The predicted octanol–water partition coefficient (Wildman–Crippen LogP) is 4.34. The van der Waals surface area contributed by atoms with Gasteiger partial charge >= 0.3 is 0 Å². The lowest BCUT2D eigenvalue weighted by Gasteiger charge is -2.15. The van der Waals surface area contributed by atoms with Crippen molar-refractivity contribution in [1.82, 2.24) is 9.97 Å². The van der Waals surface area contributed by atoms with E-state index in [0.717, 1.165) is 32.4 Å². The molecule has 0 amide bonds. The Kier molecular flexibility index (Phi) is 4.09. The number of hydrogen-bond acceptors (Lipinski definition) is 4. The van der Waals surface area contributed by atoms with Crippen molar-refractivity contribution in [3.05, 3.63) is 64.4 Å². The number of nitrogens with zero attached hydrogens (tertiary/aromatic N) is 3. The molecule has 0 aliphatic carbocycles. The van der Waals surface area contributed by atoms with Crippen molar-refractivity contribution in [3.8, 4) is 28.5 Å². The molecule has 0 fully saturated rings. The van der Waals surface area contributed by atoms with E-state index in [1.807, 2.05) is 43.3 Å². The molecule has 0 aliphatic heterocycles. The van der Waals surface area contributed by atoms with E-state index in [-0.39, 0.29) is 5.82 Å². The summed E-state index contributed by atoms with van der Waals surface area (Å²) in [6.45, 7) is 1.96. The fourth-order valence-corrected chi connectivity index (χ4v) is 2.84. The Morgan fingerprint density at radius 1 is 1.04 bits per heavy atom. The van der Waals surface area contributed by atoms with E-state index in [0.29, 0.717) is 5.56 Å². The molecule has 4 nitrogen and oxygen atoms in total. The Morgan fingerprint density at radius 3 is 2.30 bits per heavy atom. The van der Waals surface area contributed by atoms with Crippen molar-refractivity contribution in [2.24, 2.45) is 0 Å². The lowest BCUT2D eigenvalue weighted by atomic mass is 9.93. The van der Waals surface area contributed by atoms with Gasteiger partial charge in [-0.25, -0.2) is 4.98 Å². The first-order chi connectivity index (χ1) is 11.1. The van der Waals surface area contributed by atoms with Crippen LogP contribution in [0.3, 0.4) is 0 Å². The van der Waals surface area contributed by atoms with Crippen LogP contribution < -0.4 is 5.73 Å². The average Bonchev–Trinajstić information content (AvgIpc) is 2.58. The van der Waals surface area contributed by atoms with Gasteiger partial charge in [0, 0.05) is 28.0 Å². The maximum absolute atomic E-state index is 9.49. The van der Waals surface area contributed by atoms with E-state index in [1.54, 1.807) is 12.4 Å². The molecule has 0 radical (unpaired) electrons. The highest BCUT2D eigenvalue weighted by Gasteiger charge is 2.18. The molecule has 2 heterocycles. The second-order valence-corrected chi connectivity index (χ2v) is 5.99. The zero-order valence-electron chi connectivity index (χ0n) is 12.4. The molecule has 0 aliphatic rings. The largest absolute Gasteiger partial charge is 0.383 e. The Balaban J connectivity index is 2.31. The van der Waals surface area contributed by atoms with E-state index < -0.39 is 0 Å². The van der Waals surface area contributed by atoms with Crippen LogP contribution in [0.2, 0.25) is 0 Å². The summed E-state index contributed by atoms with van der Waals surface area (Å²) >= 11 is 3.43. The van der Waals surface area contributed by atoms with Gasteiger partial charge < -0.3 is 5.73 Å². The van der Waals surface area contributed by atoms with E-state index in [4.69, 9.17) is 5.73 Å². The monoisotopic (exact) mass is 364 g/mol. The third-order valence-corrected chi connectivity index (χ3v) is 4.20. The minimum Gasteiger partial charge on any atom is -0.383 e. The number of hydrogen-bond donors (Lipinski definition) is 1. The number of halogens is 1. The van der Waals surface area contributed by atoms with Gasteiger partial charge in [-0.2, -0.15) is 5.26 Å². The van der Waals surface area contributed by atoms with Gasteiger partial charge in [0.15, 0.2) is 0 Å². The highest BCUT2D eigenvalue weighted by atomic mass is 79.9. The fraction of sp³-hybridized carbons (Fsp3) is 0.0556. The van der Waals surface area contributed by atoms with Crippen LogP contribution in [0.4, 0.5) is 5.82 Å². The quantitative estimate of drug-likeness (QED) is 0.733. The topological polar surface area (TPSA) is 75.6 Å². The third kappa shape index (κ3) is 2.81. The molecule has 112 valence electrons. The summed E-state index contributed by atoms with van der Waals surface area (Å²) in [5.41, 5.74) is 10.8. The molecule has 0 spiro atoms. The molecule has 23 heavy (non-hydrogen) atoms. The van der Waals surface area contributed by atoms with Gasteiger partial charge in [-0.15, -0.1) is 0 Å². The van der Waals surface area contributed by atoms with Crippen molar-refractivity contribution < 1.29 is 0 Å². The summed E-state index contributed by atoms with van der Waals surface area (Å²) in [5, 5.41) is 9.49. The van der Waals surface area contributed by atoms with Gasteiger partial charge in [0.2, 0.25) is 0 Å². The fourth-order valence-electron chi connectivity index (χ4n) is 2.58. The van der Waals surface area contributed by atoms with E-state index in [1.165, 1.54) is 0 Å². The molecule has 1 aromatic carbocycles. The lowest BCUT2D eigenvalue weighted by molar-refractivity contribution is 1.25. The lowest BCUT2D eigenvalue weighted by Crippen LogP contribution is -2.03. The predicted molar refractivity (Wildman–Crippen MR) is 94.5 cm³/mol. The first-order valence-electron chi connectivity index (χ1n) is 6.98. The summed E-state index contributed by atoms with van der Waals surface area (Å²) in [7, 11) is 0. The van der Waals surface area contributed by atoms with Crippen molar-refractivity contribution in [3.63, 3.8) is 0 Å². The van der Waals surface area contributed by atoms with E-state index >= 15 is 0 Å². The Morgan fingerprint density at radius 2 is 1.70 bits per heavy atom. The summed E-state index contributed by atoms with van der Waals surface area (Å²) < 4.78 is 0.995. The van der Waals surface area contributed by atoms with Crippen molar-refractivity contribution in [2.45, 2.75) is 6.92 Å². The Labute approximate surface area is 142 Å². The number of nitriles is 1. The third-order valence-electron chi connectivity index (χ3n) is 3.67. The molecule has 0 unspecified atom stereocenters. The Bertz CT molecular complexity index is 897. The standard InChI is InChI=1S/C18H13BrN4/c1-11-16(12-6-8-22-9-7-12)15(10-20)18(21)23-17(11)13-2-4-14(19)5-3-13/h2-9H,1H3,(H2,21,23). The van der Waals surface area contributed by atoms with E-state index in [2.05, 4.69) is 32.0 Å². The van der Waals surface area contributed by atoms with Crippen LogP contribution in [-0.2, 0) is 0 Å². The molecule has 5 heteroatoms. The normalized spacial score (nSPS) is 10.3.